The van der Waals surface area contributed by atoms with Crippen molar-refractivity contribution in [3.8, 4) is 11.5 Å². The van der Waals surface area contributed by atoms with Crippen LogP contribution in [-0.4, -0.2) is 25.8 Å². The lowest BCUT2D eigenvalue weighted by atomic mass is 9.99. The van der Waals surface area contributed by atoms with Crippen molar-refractivity contribution < 1.29 is 19.1 Å². The number of ketones is 2. The SMILES string of the molecule is COc1ccc(C(=O)C(=O)C(C)C)c(OC)c1. The Balaban J connectivity index is 3.13. The molecule has 4 heteroatoms. The number of benzene rings is 1. The summed E-state index contributed by atoms with van der Waals surface area (Å²) in [6.07, 6.45) is 0. The molecule has 0 aliphatic heterocycles. The van der Waals surface area contributed by atoms with Gasteiger partial charge in [0.15, 0.2) is 0 Å². The van der Waals surface area contributed by atoms with Crippen LogP contribution in [0.2, 0.25) is 0 Å². The molecule has 0 aliphatic rings. The molecule has 92 valence electrons. The Morgan fingerprint density at radius 2 is 1.76 bits per heavy atom. The Morgan fingerprint density at radius 3 is 2.24 bits per heavy atom. The molecule has 0 heterocycles. The molecule has 1 rings (SSSR count). The van der Waals surface area contributed by atoms with Gasteiger partial charge in [-0.3, -0.25) is 9.59 Å². The molecule has 1 aromatic rings. The van der Waals surface area contributed by atoms with Gasteiger partial charge in [-0.25, -0.2) is 0 Å². The molecular weight excluding hydrogens is 220 g/mol. The van der Waals surface area contributed by atoms with Crippen molar-refractivity contribution >= 4 is 11.6 Å². The molecule has 0 N–H and O–H groups in total. The molecule has 0 saturated heterocycles. The summed E-state index contributed by atoms with van der Waals surface area (Å²) in [5.74, 6) is -0.346. The smallest absolute Gasteiger partial charge is 0.232 e. The van der Waals surface area contributed by atoms with Crippen molar-refractivity contribution in [2.24, 2.45) is 5.92 Å². The van der Waals surface area contributed by atoms with Crippen LogP contribution in [0.5, 0.6) is 11.5 Å². The minimum atomic E-state index is -0.528. The van der Waals surface area contributed by atoms with Crippen LogP contribution in [0.15, 0.2) is 18.2 Å². The zero-order valence-electron chi connectivity index (χ0n) is 10.4. The molecule has 0 aromatic heterocycles. The minimum Gasteiger partial charge on any atom is -0.497 e. The standard InChI is InChI=1S/C13H16O4/c1-8(2)12(14)13(15)10-6-5-9(16-3)7-11(10)17-4/h5-8H,1-4H3. The maximum Gasteiger partial charge on any atom is 0.232 e. The molecule has 4 nitrogen and oxygen atoms in total. The van der Waals surface area contributed by atoms with Gasteiger partial charge in [-0.1, -0.05) is 13.8 Å². The molecule has 0 aliphatic carbocycles. The number of ether oxygens (including phenoxy) is 2. The molecule has 0 spiro atoms. The molecule has 0 unspecified atom stereocenters. The van der Waals surface area contributed by atoms with E-state index < -0.39 is 11.6 Å². The highest BCUT2D eigenvalue weighted by atomic mass is 16.5. The monoisotopic (exact) mass is 236 g/mol. The fourth-order valence-corrected chi connectivity index (χ4v) is 1.38. The number of hydrogen-bond donors (Lipinski definition) is 0. The van der Waals surface area contributed by atoms with Crippen LogP contribution >= 0.6 is 0 Å². The average molecular weight is 236 g/mol. The van der Waals surface area contributed by atoms with Gasteiger partial charge in [-0.15, -0.1) is 0 Å². The summed E-state index contributed by atoms with van der Waals surface area (Å²) in [7, 11) is 2.97. The van der Waals surface area contributed by atoms with Crippen LogP contribution in [0.3, 0.4) is 0 Å². The van der Waals surface area contributed by atoms with Gasteiger partial charge < -0.3 is 9.47 Å². The zero-order valence-corrected chi connectivity index (χ0v) is 10.4. The Hall–Kier alpha value is -1.84. The maximum atomic E-state index is 11.9. The second-order valence-electron chi connectivity index (χ2n) is 3.91. The number of hydrogen-bond acceptors (Lipinski definition) is 4. The summed E-state index contributed by atoms with van der Waals surface area (Å²) < 4.78 is 10.1. The first-order valence-electron chi connectivity index (χ1n) is 5.31. The van der Waals surface area contributed by atoms with Gasteiger partial charge in [-0.2, -0.15) is 0 Å². The Kier molecular flexibility index (Phi) is 4.26. The summed E-state index contributed by atoms with van der Waals surface area (Å²) in [6.45, 7) is 3.38. The molecule has 1 aromatic carbocycles. The molecule has 0 bridgehead atoms. The van der Waals surface area contributed by atoms with E-state index in [0.29, 0.717) is 11.5 Å². The molecule has 17 heavy (non-hydrogen) atoms. The lowest BCUT2D eigenvalue weighted by Crippen LogP contribution is -2.20. The van der Waals surface area contributed by atoms with E-state index in [2.05, 4.69) is 0 Å². The van der Waals surface area contributed by atoms with E-state index >= 15 is 0 Å². The van der Waals surface area contributed by atoms with E-state index in [4.69, 9.17) is 9.47 Å². The van der Waals surface area contributed by atoms with E-state index in [9.17, 15) is 9.59 Å². The van der Waals surface area contributed by atoms with Crippen LogP contribution in [0.1, 0.15) is 24.2 Å². The quantitative estimate of drug-likeness (QED) is 0.580. The first kappa shape index (κ1) is 13.2. The van der Waals surface area contributed by atoms with Gasteiger partial charge >= 0.3 is 0 Å². The molecule has 0 atom stereocenters. The third-order valence-electron chi connectivity index (χ3n) is 2.40. The number of methoxy groups -OCH3 is 2. The first-order valence-corrected chi connectivity index (χ1v) is 5.31. The predicted molar refractivity (Wildman–Crippen MR) is 63.7 cm³/mol. The Bertz CT molecular complexity index is 435. The van der Waals surface area contributed by atoms with Crippen molar-refractivity contribution in [1.82, 2.24) is 0 Å². The summed E-state index contributed by atoms with van der Waals surface area (Å²) in [6, 6.07) is 4.75. The van der Waals surface area contributed by atoms with Gasteiger partial charge in [-0.05, 0) is 12.1 Å². The third-order valence-corrected chi connectivity index (χ3v) is 2.40. The Labute approximate surface area is 101 Å². The van der Waals surface area contributed by atoms with Gasteiger partial charge in [0.05, 0.1) is 19.8 Å². The fourth-order valence-electron chi connectivity index (χ4n) is 1.38. The second kappa shape index (κ2) is 5.48. The van der Waals surface area contributed by atoms with E-state index in [0.717, 1.165) is 0 Å². The van der Waals surface area contributed by atoms with Gasteiger partial charge in [0.1, 0.15) is 11.5 Å². The summed E-state index contributed by atoms with van der Waals surface area (Å²) >= 11 is 0. The van der Waals surface area contributed by atoms with Crippen molar-refractivity contribution in [1.29, 1.82) is 0 Å². The highest BCUT2D eigenvalue weighted by Gasteiger charge is 2.22. The summed E-state index contributed by atoms with van der Waals surface area (Å²) in [4.78, 5) is 23.5. The number of Topliss-reactive ketones (excluding diaryl/α,β-unsaturated/α-hetero) is 2. The van der Waals surface area contributed by atoms with Crippen LogP contribution in [-0.2, 0) is 4.79 Å². The van der Waals surface area contributed by atoms with Crippen molar-refractivity contribution in [3.63, 3.8) is 0 Å². The normalized spacial score (nSPS) is 10.2. The molecule has 0 amide bonds. The lowest BCUT2D eigenvalue weighted by molar-refractivity contribution is -0.117. The van der Waals surface area contributed by atoms with Crippen molar-refractivity contribution in [2.75, 3.05) is 14.2 Å². The Morgan fingerprint density at radius 1 is 1.12 bits per heavy atom. The number of carbonyl (C=O) groups excluding carboxylic acids is 2. The molecule has 0 radical (unpaired) electrons. The molecule has 0 saturated carbocycles. The lowest BCUT2D eigenvalue weighted by Gasteiger charge is -2.09. The van der Waals surface area contributed by atoms with Crippen LogP contribution in [0.25, 0.3) is 0 Å². The largest absolute Gasteiger partial charge is 0.497 e. The molecular formula is C13H16O4. The van der Waals surface area contributed by atoms with Crippen LogP contribution in [0.4, 0.5) is 0 Å². The number of carbonyl (C=O) groups is 2. The topological polar surface area (TPSA) is 52.6 Å². The van der Waals surface area contributed by atoms with E-state index in [1.165, 1.54) is 14.2 Å². The van der Waals surface area contributed by atoms with Gasteiger partial charge in [0, 0.05) is 12.0 Å². The maximum absolute atomic E-state index is 11.9. The van der Waals surface area contributed by atoms with Crippen LogP contribution < -0.4 is 9.47 Å². The molecule has 0 fully saturated rings. The fraction of sp³-hybridized carbons (Fsp3) is 0.385. The highest BCUT2D eigenvalue weighted by molar-refractivity contribution is 6.44. The van der Waals surface area contributed by atoms with E-state index in [1.807, 2.05) is 0 Å². The van der Waals surface area contributed by atoms with Gasteiger partial charge in [0.2, 0.25) is 11.6 Å². The third kappa shape index (κ3) is 2.84. The summed E-state index contributed by atoms with van der Waals surface area (Å²) in [5, 5.41) is 0. The van der Waals surface area contributed by atoms with E-state index in [1.54, 1.807) is 32.0 Å². The summed E-state index contributed by atoms with van der Waals surface area (Å²) in [5.41, 5.74) is 0.270. The number of rotatable bonds is 5. The average Bonchev–Trinajstić information content (AvgIpc) is 2.35. The van der Waals surface area contributed by atoms with E-state index in [-0.39, 0.29) is 11.5 Å². The zero-order chi connectivity index (χ0) is 13.0. The second-order valence-corrected chi connectivity index (χ2v) is 3.91. The predicted octanol–water partition coefficient (Wildman–Crippen LogP) is 2.11. The van der Waals surface area contributed by atoms with Crippen LogP contribution in [0, 0.1) is 5.92 Å². The van der Waals surface area contributed by atoms with Gasteiger partial charge in [0.25, 0.3) is 0 Å². The van der Waals surface area contributed by atoms with Crippen molar-refractivity contribution in [2.45, 2.75) is 13.8 Å². The highest BCUT2D eigenvalue weighted by Crippen LogP contribution is 2.25. The minimum absolute atomic E-state index is 0.270. The first-order chi connectivity index (χ1) is 8.01. The van der Waals surface area contributed by atoms with Crippen molar-refractivity contribution in [3.05, 3.63) is 23.8 Å².